The molecule has 0 aliphatic rings. The number of carbonyl (C=O) groups excluding carboxylic acids is 1. The zero-order chi connectivity index (χ0) is 26.8. The number of nitrogens with two attached hydrogens (primary N) is 1. The Morgan fingerprint density at radius 1 is 0.694 bits per heavy atom. The van der Waals surface area contributed by atoms with Gasteiger partial charge in [-0.25, -0.2) is 4.79 Å². The molecule has 2 N–H and O–H groups in total. The van der Waals surface area contributed by atoms with E-state index in [1.165, 1.54) is 0 Å². The van der Waals surface area contributed by atoms with Crippen molar-refractivity contribution in [2.75, 3.05) is 0 Å². The molecule has 1 atom stereocenters. The predicted molar refractivity (Wildman–Crippen MR) is 151 cm³/mol. The number of primary amides is 1. The topological polar surface area (TPSA) is 86.5 Å². The zero-order valence-electron chi connectivity index (χ0n) is 24.0. The Balaban J connectivity index is 0.00000648. The molecule has 0 bridgehead atoms. The number of carbonyl (C=O) groups is 1. The number of rotatable bonds is 9. The van der Waals surface area contributed by atoms with E-state index in [9.17, 15) is 13.2 Å². The van der Waals surface area contributed by atoms with Crippen molar-refractivity contribution in [2.24, 2.45) is 5.73 Å². The summed E-state index contributed by atoms with van der Waals surface area (Å²) in [4.78, 5) is 11.8. The summed E-state index contributed by atoms with van der Waals surface area (Å²) < 4.78 is 32.8. The van der Waals surface area contributed by atoms with E-state index < -0.39 is 21.5 Å². The second kappa shape index (κ2) is 12.9. The molecule has 0 spiro atoms. The van der Waals surface area contributed by atoms with E-state index in [-0.39, 0.29) is 59.1 Å². The second-order valence-corrected chi connectivity index (χ2v) is 12.6. The fraction of sp³-hybridized carbons (Fsp3) is 0.552. The third-order valence-electron chi connectivity index (χ3n) is 6.61. The SMILES string of the molecule is CC(C)c1cc(C(C)C)c(C(c2c(C(C)C)cccc2C(C)C)S(=O)(=O)OC(N)=O)c(C(C)C)c1.[Na]. The molecule has 0 saturated carbocycles. The normalized spacial score (nSPS) is 13.0. The van der Waals surface area contributed by atoms with Gasteiger partial charge in [-0.2, -0.15) is 8.42 Å². The van der Waals surface area contributed by atoms with Crippen molar-refractivity contribution in [3.8, 4) is 0 Å². The van der Waals surface area contributed by atoms with E-state index >= 15 is 0 Å². The van der Waals surface area contributed by atoms with Crippen LogP contribution in [0.15, 0.2) is 30.3 Å². The van der Waals surface area contributed by atoms with Crippen molar-refractivity contribution in [2.45, 2.75) is 104 Å². The van der Waals surface area contributed by atoms with Gasteiger partial charge in [-0.15, -0.1) is 0 Å². The van der Waals surface area contributed by atoms with Gasteiger partial charge in [0, 0.05) is 29.6 Å². The molecule has 2 rings (SSSR count). The number of hydrogen-bond donors (Lipinski definition) is 1. The molecule has 1 radical (unpaired) electrons. The Hall–Kier alpha value is -1.34. The Bertz CT molecular complexity index is 1110. The fourth-order valence-electron chi connectivity index (χ4n) is 4.82. The van der Waals surface area contributed by atoms with Crippen molar-refractivity contribution >= 4 is 45.8 Å². The maximum atomic E-state index is 13.9. The van der Waals surface area contributed by atoms with Gasteiger partial charge in [-0.05, 0) is 68.5 Å². The Morgan fingerprint density at radius 3 is 1.36 bits per heavy atom. The first-order chi connectivity index (χ1) is 16.1. The Labute approximate surface area is 241 Å². The minimum atomic E-state index is -4.46. The van der Waals surface area contributed by atoms with Gasteiger partial charge < -0.3 is 9.92 Å². The minimum absolute atomic E-state index is 0. The van der Waals surface area contributed by atoms with Crippen LogP contribution in [0.3, 0.4) is 0 Å². The molecule has 0 aliphatic heterocycles. The largest absolute Gasteiger partial charge is 0.420 e. The molecule has 0 fully saturated rings. The summed E-state index contributed by atoms with van der Waals surface area (Å²) in [5.74, 6) is 0.525. The number of amides is 1. The molecule has 1 amide bonds. The van der Waals surface area contributed by atoms with Gasteiger partial charge in [0.25, 0.3) is 0 Å². The smallest absolute Gasteiger partial charge is 0.334 e. The van der Waals surface area contributed by atoms with Crippen LogP contribution in [0.1, 0.15) is 143 Å². The monoisotopic (exact) mass is 524 g/mol. The molecule has 7 heteroatoms. The number of hydrogen-bond acceptors (Lipinski definition) is 4. The van der Waals surface area contributed by atoms with E-state index in [1.54, 1.807) is 0 Å². The maximum absolute atomic E-state index is 13.9. The summed E-state index contributed by atoms with van der Waals surface area (Å²) in [6.45, 7) is 20.8. The van der Waals surface area contributed by atoms with E-state index in [4.69, 9.17) is 9.92 Å². The van der Waals surface area contributed by atoms with Crippen LogP contribution in [0, 0.1) is 0 Å². The molecule has 2 aromatic carbocycles. The molecule has 0 aromatic heterocycles. The molecule has 2 aromatic rings. The third-order valence-corrected chi connectivity index (χ3v) is 8.05. The minimum Gasteiger partial charge on any atom is -0.334 e. The Kier molecular flexibility index (Phi) is 11.8. The second-order valence-electron chi connectivity index (χ2n) is 11.0. The van der Waals surface area contributed by atoms with Gasteiger partial charge in [0.1, 0.15) is 5.25 Å². The van der Waals surface area contributed by atoms with Crippen molar-refractivity contribution < 1.29 is 17.4 Å². The standard InChI is InChI=1S/C29H43NO4S.Na/c1-16(2)21-14-24(19(7)8)27(25(15-21)20(9)10)28(35(32,33)34-29(30)31)26-22(17(3)4)12-11-13-23(26)18(5)6;/h11-20,28H,1-10H3,(H2,30,31);. The summed E-state index contributed by atoms with van der Waals surface area (Å²) in [5, 5.41) is -1.18. The quantitative estimate of drug-likeness (QED) is 0.273. The average molecular weight is 525 g/mol. The van der Waals surface area contributed by atoms with E-state index in [0.717, 1.165) is 27.8 Å². The molecular formula is C29H43NNaO4S. The first-order valence-electron chi connectivity index (χ1n) is 12.6. The maximum Gasteiger partial charge on any atom is 0.420 e. The van der Waals surface area contributed by atoms with E-state index in [1.807, 2.05) is 18.2 Å². The van der Waals surface area contributed by atoms with Crippen molar-refractivity contribution in [1.82, 2.24) is 0 Å². The summed E-state index contributed by atoms with van der Waals surface area (Å²) in [5.41, 5.74) is 11.6. The molecule has 1 unspecified atom stereocenters. The van der Waals surface area contributed by atoms with Crippen LogP contribution in [-0.2, 0) is 14.3 Å². The first kappa shape index (κ1) is 32.7. The van der Waals surface area contributed by atoms with Crippen LogP contribution in [0.4, 0.5) is 4.79 Å². The van der Waals surface area contributed by atoms with Crippen molar-refractivity contribution in [3.05, 3.63) is 69.3 Å². The van der Waals surface area contributed by atoms with Crippen LogP contribution in [0.25, 0.3) is 0 Å². The summed E-state index contributed by atoms with van der Waals surface area (Å²) in [6.07, 6.45) is -1.32. The predicted octanol–water partition coefficient (Wildman–Crippen LogP) is 7.44. The Morgan fingerprint density at radius 2 is 1.06 bits per heavy atom. The molecule has 0 heterocycles. The molecule has 0 saturated heterocycles. The molecule has 0 aliphatic carbocycles. The van der Waals surface area contributed by atoms with Crippen LogP contribution in [0.2, 0.25) is 0 Å². The van der Waals surface area contributed by atoms with Crippen LogP contribution >= 0.6 is 0 Å². The van der Waals surface area contributed by atoms with Gasteiger partial charge in [0.15, 0.2) is 0 Å². The molecule has 5 nitrogen and oxygen atoms in total. The van der Waals surface area contributed by atoms with Crippen molar-refractivity contribution in [3.63, 3.8) is 0 Å². The van der Waals surface area contributed by atoms with Gasteiger partial charge in [0.05, 0.1) is 0 Å². The summed E-state index contributed by atoms with van der Waals surface area (Å²) in [7, 11) is -4.46. The average Bonchev–Trinajstić information content (AvgIpc) is 2.71. The van der Waals surface area contributed by atoms with Gasteiger partial charge >= 0.3 is 16.2 Å². The summed E-state index contributed by atoms with van der Waals surface area (Å²) >= 11 is 0. The van der Waals surface area contributed by atoms with Gasteiger partial charge in [-0.3, -0.25) is 0 Å². The van der Waals surface area contributed by atoms with Crippen LogP contribution in [0.5, 0.6) is 0 Å². The molecule has 36 heavy (non-hydrogen) atoms. The van der Waals surface area contributed by atoms with Crippen molar-refractivity contribution in [1.29, 1.82) is 0 Å². The van der Waals surface area contributed by atoms with Crippen LogP contribution < -0.4 is 5.73 Å². The van der Waals surface area contributed by atoms with Crippen LogP contribution in [-0.4, -0.2) is 44.1 Å². The van der Waals surface area contributed by atoms with Gasteiger partial charge in [0.2, 0.25) is 0 Å². The van der Waals surface area contributed by atoms with E-state index in [2.05, 4.69) is 81.4 Å². The molecule has 195 valence electrons. The third kappa shape index (κ3) is 7.15. The zero-order valence-corrected chi connectivity index (χ0v) is 26.8. The number of benzene rings is 2. The molecular weight excluding hydrogens is 481 g/mol. The summed E-state index contributed by atoms with van der Waals surface area (Å²) in [6, 6.07) is 10.2. The van der Waals surface area contributed by atoms with E-state index in [0.29, 0.717) is 11.1 Å². The first-order valence-corrected chi connectivity index (χ1v) is 14.1. The fourth-order valence-corrected chi connectivity index (χ4v) is 6.27. The van der Waals surface area contributed by atoms with Gasteiger partial charge in [-0.1, -0.05) is 99.6 Å².